The lowest BCUT2D eigenvalue weighted by Gasteiger charge is -1.84. The molecule has 0 rings (SSSR count). The molecule has 9 heavy (non-hydrogen) atoms. The predicted molar refractivity (Wildman–Crippen MR) is 41.5 cm³/mol. The number of hydrogen-bond donors (Lipinski definition) is 1. The summed E-state index contributed by atoms with van der Waals surface area (Å²) >= 11 is 0. The number of aliphatic hydroxyl groups is 1. The van der Waals surface area contributed by atoms with E-state index in [1.54, 1.807) is 7.11 Å². The van der Waals surface area contributed by atoms with Gasteiger partial charge in [0.2, 0.25) is 0 Å². The molecule has 0 saturated carbocycles. The van der Waals surface area contributed by atoms with Gasteiger partial charge in [0.15, 0.2) is 0 Å². The van der Waals surface area contributed by atoms with Crippen LogP contribution in [-0.2, 0) is 4.74 Å². The van der Waals surface area contributed by atoms with Crippen LogP contribution in [0.25, 0.3) is 0 Å². The van der Waals surface area contributed by atoms with E-state index >= 15 is 0 Å². The highest BCUT2D eigenvalue weighted by molar-refractivity contribution is 4.22. The second-order valence-corrected chi connectivity index (χ2v) is 0.716. The minimum absolute atomic E-state index is 0.122. The average molecular weight is 132 g/mol. The van der Waals surface area contributed by atoms with Crippen LogP contribution in [-0.4, -0.2) is 25.4 Å². The maximum absolute atomic E-state index is 7.94. The van der Waals surface area contributed by atoms with Gasteiger partial charge in [-0.05, 0) is 0 Å². The largest absolute Gasteiger partial charge is 0.394 e. The fourth-order valence-corrected chi connectivity index (χ4v) is 0.0913. The van der Waals surface area contributed by atoms with Gasteiger partial charge in [-0.25, -0.2) is 0 Å². The Morgan fingerprint density at radius 3 is 1.56 bits per heavy atom. The van der Waals surface area contributed by atoms with Crippen molar-refractivity contribution in [1.82, 2.24) is 0 Å². The van der Waals surface area contributed by atoms with Gasteiger partial charge in [0.1, 0.15) is 0 Å². The molecule has 0 spiro atoms. The second kappa shape index (κ2) is 52.6. The third-order valence-electron chi connectivity index (χ3n) is 0.295. The fraction of sp³-hybridized carbons (Fsp3) is 0.429. The molecule has 0 heterocycles. The minimum Gasteiger partial charge on any atom is -0.394 e. The highest BCUT2D eigenvalue weighted by Gasteiger charge is 1.67. The summed E-state index contributed by atoms with van der Waals surface area (Å²) < 4.78 is 4.44. The topological polar surface area (TPSA) is 29.5 Å². The molecular formula is C7H16O2. The number of ether oxygens (including phenoxy) is 1. The van der Waals surface area contributed by atoms with Crippen LogP contribution in [0.1, 0.15) is 0 Å². The third-order valence-corrected chi connectivity index (χ3v) is 0.295. The molecule has 0 aromatic rings. The maximum atomic E-state index is 7.94. The monoisotopic (exact) mass is 132 g/mol. The van der Waals surface area contributed by atoms with Gasteiger partial charge in [0.05, 0.1) is 13.2 Å². The van der Waals surface area contributed by atoms with E-state index in [1.165, 1.54) is 0 Å². The molecule has 56 valence electrons. The molecule has 0 aromatic heterocycles. The molecular weight excluding hydrogens is 116 g/mol. The maximum Gasteiger partial charge on any atom is 0.0693 e. The molecule has 0 aliphatic rings. The van der Waals surface area contributed by atoms with Crippen LogP contribution in [0.15, 0.2) is 26.3 Å². The Hall–Kier alpha value is -0.600. The Balaban J connectivity index is -0.0000000771. The van der Waals surface area contributed by atoms with Crippen molar-refractivity contribution in [2.45, 2.75) is 0 Å². The van der Waals surface area contributed by atoms with Gasteiger partial charge in [0.25, 0.3) is 0 Å². The molecule has 0 aliphatic heterocycles. The molecule has 0 radical (unpaired) electrons. The predicted octanol–water partition coefficient (Wildman–Crippen LogP) is 1.23. The zero-order chi connectivity index (χ0) is 8.12. The number of hydrogen-bond acceptors (Lipinski definition) is 2. The van der Waals surface area contributed by atoms with Crippen molar-refractivity contribution >= 4 is 0 Å². The molecule has 0 saturated heterocycles. The fourth-order valence-electron chi connectivity index (χ4n) is 0.0913. The molecule has 2 nitrogen and oxygen atoms in total. The van der Waals surface area contributed by atoms with Crippen LogP contribution in [0.3, 0.4) is 0 Å². The van der Waals surface area contributed by atoms with Crippen molar-refractivity contribution < 1.29 is 9.84 Å². The van der Waals surface area contributed by atoms with Crippen LogP contribution in [0.5, 0.6) is 0 Å². The van der Waals surface area contributed by atoms with E-state index in [2.05, 4.69) is 31.1 Å². The molecule has 0 unspecified atom stereocenters. The molecule has 0 aromatic carbocycles. The number of rotatable bonds is 2. The van der Waals surface area contributed by atoms with Crippen LogP contribution in [0, 0.1) is 0 Å². The number of aliphatic hydroxyl groups excluding tert-OH is 1. The Bertz CT molecular complexity index is 26.1. The Morgan fingerprint density at radius 2 is 1.56 bits per heavy atom. The molecule has 0 aliphatic carbocycles. The van der Waals surface area contributed by atoms with Gasteiger partial charge in [-0.1, -0.05) is 0 Å². The van der Waals surface area contributed by atoms with Gasteiger partial charge in [0, 0.05) is 7.11 Å². The van der Waals surface area contributed by atoms with E-state index in [0.29, 0.717) is 6.61 Å². The summed E-state index contributed by atoms with van der Waals surface area (Å²) in [6, 6.07) is 0. The SMILES string of the molecule is C=C.C=C.COCCO. The lowest BCUT2D eigenvalue weighted by atomic mass is 10.8. The van der Waals surface area contributed by atoms with E-state index in [4.69, 9.17) is 5.11 Å². The zero-order valence-corrected chi connectivity index (χ0v) is 6.10. The first-order valence-corrected chi connectivity index (χ1v) is 2.51. The smallest absolute Gasteiger partial charge is 0.0693 e. The summed E-state index contributed by atoms with van der Waals surface area (Å²) in [5.41, 5.74) is 0. The highest BCUT2D eigenvalue weighted by Crippen LogP contribution is 1.56. The lowest BCUT2D eigenvalue weighted by molar-refractivity contribution is 0.135. The summed E-state index contributed by atoms with van der Waals surface area (Å²) in [5, 5.41) is 7.94. The van der Waals surface area contributed by atoms with Crippen LogP contribution in [0.4, 0.5) is 0 Å². The minimum atomic E-state index is 0.122. The molecule has 2 heteroatoms. The van der Waals surface area contributed by atoms with E-state index in [1.807, 2.05) is 0 Å². The summed E-state index contributed by atoms with van der Waals surface area (Å²) in [6.45, 7) is 12.6. The van der Waals surface area contributed by atoms with Crippen molar-refractivity contribution in [2.24, 2.45) is 0 Å². The first-order chi connectivity index (χ1) is 4.41. The van der Waals surface area contributed by atoms with Gasteiger partial charge < -0.3 is 9.84 Å². The van der Waals surface area contributed by atoms with Crippen LogP contribution >= 0.6 is 0 Å². The van der Waals surface area contributed by atoms with E-state index in [0.717, 1.165) is 0 Å². The Morgan fingerprint density at radius 1 is 1.22 bits per heavy atom. The second-order valence-electron chi connectivity index (χ2n) is 0.716. The summed E-state index contributed by atoms with van der Waals surface area (Å²) in [4.78, 5) is 0. The van der Waals surface area contributed by atoms with Gasteiger partial charge in [-0.2, -0.15) is 0 Å². The molecule has 0 bridgehead atoms. The summed E-state index contributed by atoms with van der Waals surface area (Å²) in [6.07, 6.45) is 0. The number of methoxy groups -OCH3 is 1. The van der Waals surface area contributed by atoms with E-state index < -0.39 is 0 Å². The lowest BCUT2D eigenvalue weighted by Crippen LogP contribution is -1.91. The normalized spacial score (nSPS) is 5.56. The first kappa shape index (κ1) is 15.8. The van der Waals surface area contributed by atoms with E-state index in [-0.39, 0.29) is 6.61 Å². The third kappa shape index (κ3) is 110. The first-order valence-electron chi connectivity index (χ1n) is 2.51. The highest BCUT2D eigenvalue weighted by atomic mass is 16.5. The quantitative estimate of drug-likeness (QED) is 0.572. The Kier molecular flexibility index (Phi) is 92.2. The van der Waals surface area contributed by atoms with Crippen LogP contribution < -0.4 is 0 Å². The van der Waals surface area contributed by atoms with Gasteiger partial charge in [-0.3, -0.25) is 0 Å². The molecule has 1 N–H and O–H groups in total. The molecule has 0 fully saturated rings. The van der Waals surface area contributed by atoms with Gasteiger partial charge in [-0.15, -0.1) is 26.3 Å². The molecule has 0 amide bonds. The zero-order valence-electron chi connectivity index (χ0n) is 6.10. The van der Waals surface area contributed by atoms with Gasteiger partial charge >= 0.3 is 0 Å². The average Bonchev–Trinajstić information content (AvgIpc) is 1.98. The van der Waals surface area contributed by atoms with Crippen LogP contribution in [0.2, 0.25) is 0 Å². The van der Waals surface area contributed by atoms with Crippen molar-refractivity contribution in [3.8, 4) is 0 Å². The molecule has 0 atom stereocenters. The van der Waals surface area contributed by atoms with Crippen molar-refractivity contribution in [1.29, 1.82) is 0 Å². The summed E-state index contributed by atoms with van der Waals surface area (Å²) in [7, 11) is 1.55. The standard InChI is InChI=1S/C3H8O2.2C2H4/c1-5-3-2-4;2*1-2/h4H,2-3H2,1H3;2*1-2H2. The van der Waals surface area contributed by atoms with Crippen molar-refractivity contribution in [2.75, 3.05) is 20.3 Å². The summed E-state index contributed by atoms with van der Waals surface area (Å²) in [5.74, 6) is 0. The van der Waals surface area contributed by atoms with E-state index in [9.17, 15) is 0 Å². The Labute approximate surface area is 57.5 Å². The van der Waals surface area contributed by atoms with Crippen molar-refractivity contribution in [3.05, 3.63) is 26.3 Å². The van der Waals surface area contributed by atoms with Crippen molar-refractivity contribution in [3.63, 3.8) is 0 Å².